The van der Waals surface area contributed by atoms with Gasteiger partial charge in [-0.3, -0.25) is 0 Å². The van der Waals surface area contributed by atoms with Crippen LogP contribution in [0.5, 0.6) is 0 Å². The van der Waals surface area contributed by atoms with E-state index < -0.39 is 10.0 Å². The molecule has 0 aliphatic carbocycles. The zero-order chi connectivity index (χ0) is 13.9. The molecular formula is C13H20N2O3S. The Morgan fingerprint density at radius 1 is 1.32 bits per heavy atom. The van der Waals surface area contributed by atoms with Crippen LogP contribution in [0.4, 0.5) is 0 Å². The normalized spacial score (nSPS) is 20.1. The first-order chi connectivity index (χ1) is 9.03. The van der Waals surface area contributed by atoms with Gasteiger partial charge in [0.15, 0.2) is 0 Å². The smallest absolute Gasteiger partial charge is 0.218 e. The molecule has 1 aromatic rings. The molecule has 0 saturated carbocycles. The second-order valence-corrected chi connectivity index (χ2v) is 6.84. The minimum atomic E-state index is -3.29. The Morgan fingerprint density at radius 2 is 1.95 bits per heavy atom. The summed E-state index contributed by atoms with van der Waals surface area (Å²) in [6.07, 6.45) is 0.766. The topological polar surface area (TPSA) is 72.6 Å². The molecule has 6 heteroatoms. The summed E-state index contributed by atoms with van der Waals surface area (Å²) in [5, 5.41) is 0. The van der Waals surface area contributed by atoms with Crippen LogP contribution in [-0.2, 0) is 27.1 Å². The highest BCUT2D eigenvalue weighted by atomic mass is 32.2. The quantitative estimate of drug-likeness (QED) is 0.863. The van der Waals surface area contributed by atoms with Crippen molar-refractivity contribution in [2.45, 2.75) is 24.8 Å². The first-order valence-electron chi connectivity index (χ1n) is 6.34. The van der Waals surface area contributed by atoms with Gasteiger partial charge in [0, 0.05) is 20.2 Å². The molecule has 2 N–H and O–H groups in total. The zero-order valence-corrected chi connectivity index (χ0v) is 11.9. The molecule has 1 aromatic carbocycles. The predicted molar refractivity (Wildman–Crippen MR) is 73.9 cm³/mol. The van der Waals surface area contributed by atoms with E-state index in [2.05, 4.69) is 0 Å². The van der Waals surface area contributed by atoms with Gasteiger partial charge < -0.3 is 10.5 Å². The van der Waals surface area contributed by atoms with E-state index in [0.29, 0.717) is 19.8 Å². The highest BCUT2D eigenvalue weighted by molar-refractivity contribution is 7.88. The molecule has 1 saturated heterocycles. The lowest BCUT2D eigenvalue weighted by atomic mass is 10.1. The molecule has 1 atom stereocenters. The lowest BCUT2D eigenvalue weighted by Gasteiger charge is -2.22. The summed E-state index contributed by atoms with van der Waals surface area (Å²) in [5.74, 6) is 0.0187. The Morgan fingerprint density at radius 3 is 2.47 bits per heavy atom. The van der Waals surface area contributed by atoms with E-state index in [0.717, 1.165) is 17.5 Å². The summed E-state index contributed by atoms with van der Waals surface area (Å²) in [5.41, 5.74) is 7.30. The number of likely N-dealkylation sites (N-methyl/N-ethyl adjacent to an activating group) is 1. The third-order valence-electron chi connectivity index (χ3n) is 3.47. The summed E-state index contributed by atoms with van der Waals surface area (Å²) in [6.45, 7) is 1.59. The number of hydrogen-bond donors (Lipinski definition) is 1. The van der Waals surface area contributed by atoms with E-state index in [1.54, 1.807) is 7.05 Å². The minimum Gasteiger partial charge on any atom is -0.380 e. The van der Waals surface area contributed by atoms with Gasteiger partial charge in [0.2, 0.25) is 10.0 Å². The summed E-state index contributed by atoms with van der Waals surface area (Å²) in [6, 6.07) is 7.33. The van der Waals surface area contributed by atoms with Gasteiger partial charge >= 0.3 is 0 Å². The summed E-state index contributed by atoms with van der Waals surface area (Å²) in [4.78, 5) is 0. The van der Waals surface area contributed by atoms with Crippen molar-refractivity contribution in [2.75, 3.05) is 20.3 Å². The SMILES string of the molecule is CN(C1CCOC1)S(=O)(=O)Cc1ccc(CN)cc1. The van der Waals surface area contributed by atoms with Crippen molar-refractivity contribution < 1.29 is 13.2 Å². The molecule has 2 rings (SSSR count). The van der Waals surface area contributed by atoms with Gasteiger partial charge in [-0.05, 0) is 17.5 Å². The number of sulfonamides is 1. The predicted octanol–water partition coefficient (Wildman–Crippen LogP) is 0.696. The Bertz CT molecular complexity index is 507. The van der Waals surface area contributed by atoms with Crippen molar-refractivity contribution in [3.05, 3.63) is 35.4 Å². The van der Waals surface area contributed by atoms with Crippen LogP contribution in [0.25, 0.3) is 0 Å². The van der Waals surface area contributed by atoms with E-state index in [-0.39, 0.29) is 11.8 Å². The molecule has 0 amide bonds. The number of benzene rings is 1. The highest BCUT2D eigenvalue weighted by Crippen LogP contribution is 2.18. The second kappa shape index (κ2) is 6.00. The van der Waals surface area contributed by atoms with Gasteiger partial charge in [-0.1, -0.05) is 24.3 Å². The van der Waals surface area contributed by atoms with Gasteiger partial charge in [-0.25, -0.2) is 8.42 Å². The maximum atomic E-state index is 12.3. The Hall–Kier alpha value is -0.950. The van der Waals surface area contributed by atoms with Crippen LogP contribution in [0.1, 0.15) is 17.5 Å². The lowest BCUT2D eigenvalue weighted by Crippen LogP contribution is -2.38. The van der Waals surface area contributed by atoms with Crippen LogP contribution in [0, 0.1) is 0 Å². The van der Waals surface area contributed by atoms with E-state index in [1.165, 1.54) is 4.31 Å². The number of nitrogens with zero attached hydrogens (tertiary/aromatic N) is 1. The average Bonchev–Trinajstić information content (AvgIpc) is 2.92. The van der Waals surface area contributed by atoms with E-state index in [1.807, 2.05) is 24.3 Å². The Labute approximate surface area is 114 Å². The average molecular weight is 284 g/mol. The van der Waals surface area contributed by atoms with E-state index >= 15 is 0 Å². The molecule has 19 heavy (non-hydrogen) atoms. The lowest BCUT2D eigenvalue weighted by molar-refractivity contribution is 0.181. The van der Waals surface area contributed by atoms with Crippen LogP contribution in [0.15, 0.2) is 24.3 Å². The fourth-order valence-electron chi connectivity index (χ4n) is 2.12. The molecule has 1 fully saturated rings. The zero-order valence-electron chi connectivity index (χ0n) is 11.1. The van der Waals surface area contributed by atoms with Crippen molar-refractivity contribution in [1.82, 2.24) is 4.31 Å². The molecule has 1 aliphatic rings. The number of ether oxygens (including phenoxy) is 1. The second-order valence-electron chi connectivity index (χ2n) is 4.81. The fraction of sp³-hybridized carbons (Fsp3) is 0.538. The van der Waals surface area contributed by atoms with Gasteiger partial charge in [-0.2, -0.15) is 4.31 Å². The van der Waals surface area contributed by atoms with Crippen molar-refractivity contribution >= 4 is 10.0 Å². The largest absolute Gasteiger partial charge is 0.380 e. The van der Waals surface area contributed by atoms with Crippen LogP contribution >= 0.6 is 0 Å². The third-order valence-corrected chi connectivity index (χ3v) is 5.34. The Kier molecular flexibility index (Phi) is 4.57. The first-order valence-corrected chi connectivity index (χ1v) is 7.95. The monoisotopic (exact) mass is 284 g/mol. The van der Waals surface area contributed by atoms with Crippen LogP contribution < -0.4 is 5.73 Å². The summed E-state index contributed by atoms with van der Waals surface area (Å²) < 4.78 is 31.2. The summed E-state index contributed by atoms with van der Waals surface area (Å²) >= 11 is 0. The highest BCUT2D eigenvalue weighted by Gasteiger charge is 2.29. The number of nitrogens with two attached hydrogens (primary N) is 1. The van der Waals surface area contributed by atoms with E-state index in [4.69, 9.17) is 10.5 Å². The van der Waals surface area contributed by atoms with Crippen molar-refractivity contribution in [2.24, 2.45) is 5.73 Å². The molecule has 1 unspecified atom stereocenters. The molecule has 106 valence electrons. The Balaban J connectivity index is 2.06. The maximum absolute atomic E-state index is 12.3. The summed E-state index contributed by atoms with van der Waals surface area (Å²) in [7, 11) is -1.67. The van der Waals surface area contributed by atoms with E-state index in [9.17, 15) is 8.42 Å². The first kappa shape index (κ1) is 14.5. The van der Waals surface area contributed by atoms with Crippen LogP contribution in [-0.4, -0.2) is 39.0 Å². The molecule has 0 bridgehead atoms. The number of hydrogen-bond acceptors (Lipinski definition) is 4. The maximum Gasteiger partial charge on any atom is 0.218 e. The van der Waals surface area contributed by atoms with Crippen molar-refractivity contribution in [3.8, 4) is 0 Å². The van der Waals surface area contributed by atoms with Gasteiger partial charge in [0.25, 0.3) is 0 Å². The van der Waals surface area contributed by atoms with Crippen LogP contribution in [0.2, 0.25) is 0 Å². The van der Waals surface area contributed by atoms with Gasteiger partial charge in [0.05, 0.1) is 18.4 Å². The molecule has 5 nitrogen and oxygen atoms in total. The van der Waals surface area contributed by atoms with Gasteiger partial charge in [-0.15, -0.1) is 0 Å². The third kappa shape index (κ3) is 3.54. The fourth-order valence-corrected chi connectivity index (χ4v) is 3.56. The molecule has 0 spiro atoms. The molecule has 1 aliphatic heterocycles. The van der Waals surface area contributed by atoms with Crippen molar-refractivity contribution in [3.63, 3.8) is 0 Å². The standard InChI is InChI=1S/C13H20N2O3S/c1-15(13-6-7-18-9-13)19(16,17)10-12-4-2-11(8-14)3-5-12/h2-5,13H,6-10,14H2,1H3. The molecular weight excluding hydrogens is 264 g/mol. The van der Waals surface area contributed by atoms with Crippen LogP contribution in [0.3, 0.4) is 0 Å². The number of rotatable bonds is 5. The van der Waals surface area contributed by atoms with Crippen molar-refractivity contribution in [1.29, 1.82) is 0 Å². The molecule has 1 heterocycles. The molecule has 0 aromatic heterocycles. The molecule has 0 radical (unpaired) electrons. The van der Waals surface area contributed by atoms with Gasteiger partial charge in [0.1, 0.15) is 0 Å². The minimum absolute atomic E-state index is 0.0187.